The zero-order chi connectivity index (χ0) is 20.7. The lowest BCUT2D eigenvalue weighted by Crippen LogP contribution is -2.60. The van der Waals surface area contributed by atoms with Crippen molar-refractivity contribution in [3.63, 3.8) is 0 Å². The molecular formula is C25H31N3O2. The van der Waals surface area contributed by atoms with Gasteiger partial charge < -0.3 is 9.64 Å². The van der Waals surface area contributed by atoms with E-state index in [1.165, 1.54) is 29.5 Å². The summed E-state index contributed by atoms with van der Waals surface area (Å²) in [7, 11) is 0. The van der Waals surface area contributed by atoms with E-state index in [-0.39, 0.29) is 11.8 Å². The van der Waals surface area contributed by atoms with Crippen LogP contribution >= 0.6 is 0 Å². The molecule has 30 heavy (non-hydrogen) atoms. The van der Waals surface area contributed by atoms with Crippen LogP contribution in [0.1, 0.15) is 41.0 Å². The first-order chi connectivity index (χ1) is 14.5. The minimum Gasteiger partial charge on any atom is -0.361 e. The van der Waals surface area contributed by atoms with Gasteiger partial charge in [-0.1, -0.05) is 35.4 Å². The topological polar surface area (TPSA) is 45.7 Å². The number of amides is 1. The van der Waals surface area contributed by atoms with E-state index in [1.807, 2.05) is 12.3 Å². The fourth-order valence-corrected chi connectivity index (χ4v) is 5.33. The van der Waals surface area contributed by atoms with Crippen molar-refractivity contribution in [1.82, 2.24) is 14.8 Å². The smallest absolute Gasteiger partial charge is 0.256 e. The van der Waals surface area contributed by atoms with Gasteiger partial charge in [0.2, 0.25) is 0 Å². The predicted octanol–water partition coefficient (Wildman–Crippen LogP) is 3.31. The fourth-order valence-electron chi connectivity index (χ4n) is 5.33. The Morgan fingerprint density at radius 1 is 1.20 bits per heavy atom. The van der Waals surface area contributed by atoms with E-state index < -0.39 is 5.60 Å². The summed E-state index contributed by atoms with van der Waals surface area (Å²) >= 11 is 0. The lowest BCUT2D eigenvalue weighted by atomic mass is 9.83. The highest BCUT2D eigenvalue weighted by atomic mass is 16.5. The molecular weight excluding hydrogens is 374 g/mol. The van der Waals surface area contributed by atoms with E-state index in [0.29, 0.717) is 25.6 Å². The molecule has 5 heteroatoms. The number of carbonyl (C=O) groups excluding carboxylic acids is 1. The molecule has 158 valence electrons. The lowest BCUT2D eigenvalue weighted by Gasteiger charge is -2.42. The molecule has 2 unspecified atom stereocenters. The molecule has 3 fully saturated rings. The van der Waals surface area contributed by atoms with Gasteiger partial charge in [0.15, 0.2) is 5.60 Å². The van der Waals surface area contributed by atoms with Gasteiger partial charge in [-0.25, -0.2) is 0 Å². The maximum atomic E-state index is 13.8. The molecule has 1 aromatic carbocycles. The van der Waals surface area contributed by atoms with Crippen molar-refractivity contribution >= 4 is 5.91 Å². The highest BCUT2D eigenvalue weighted by molar-refractivity contribution is 5.88. The highest BCUT2D eigenvalue weighted by Crippen LogP contribution is 2.43. The second-order valence-corrected chi connectivity index (χ2v) is 9.44. The third-order valence-electron chi connectivity index (χ3n) is 6.78. The monoisotopic (exact) mass is 405 g/mol. The average molecular weight is 406 g/mol. The second-order valence-electron chi connectivity index (χ2n) is 9.44. The summed E-state index contributed by atoms with van der Waals surface area (Å²) in [6.07, 6.45) is 6.20. The number of rotatable bonds is 5. The van der Waals surface area contributed by atoms with Crippen molar-refractivity contribution in [3.05, 3.63) is 65.0 Å². The molecule has 5 nitrogen and oxygen atoms in total. The van der Waals surface area contributed by atoms with Crippen LogP contribution in [0.25, 0.3) is 0 Å². The highest BCUT2D eigenvalue weighted by Gasteiger charge is 2.57. The number of likely N-dealkylation sites (tertiary alicyclic amines) is 1. The summed E-state index contributed by atoms with van der Waals surface area (Å²) in [6, 6.07) is 10.8. The summed E-state index contributed by atoms with van der Waals surface area (Å²) < 4.78 is 6.39. The average Bonchev–Trinajstić information content (AvgIpc) is 3.46. The Kier molecular flexibility index (Phi) is 5.11. The van der Waals surface area contributed by atoms with Gasteiger partial charge >= 0.3 is 0 Å². The second kappa shape index (κ2) is 7.78. The van der Waals surface area contributed by atoms with Gasteiger partial charge in [0.25, 0.3) is 5.91 Å². The minimum atomic E-state index is -0.797. The maximum Gasteiger partial charge on any atom is 0.256 e. The molecule has 3 heterocycles. The van der Waals surface area contributed by atoms with Crippen LogP contribution in [-0.2, 0) is 16.1 Å². The van der Waals surface area contributed by atoms with E-state index >= 15 is 0 Å². The van der Waals surface area contributed by atoms with Crippen LogP contribution in [-0.4, -0.2) is 59.1 Å². The fraction of sp³-hybridized carbons (Fsp3) is 0.520. The van der Waals surface area contributed by atoms with Gasteiger partial charge in [-0.15, -0.1) is 0 Å². The Morgan fingerprint density at radius 3 is 2.70 bits per heavy atom. The minimum absolute atomic E-state index is 0.00612. The Bertz CT molecular complexity index is 907. The van der Waals surface area contributed by atoms with Crippen molar-refractivity contribution < 1.29 is 9.53 Å². The first-order valence-electron chi connectivity index (χ1n) is 11.2. The summed E-state index contributed by atoms with van der Waals surface area (Å²) in [5, 5.41) is 0. The van der Waals surface area contributed by atoms with Crippen LogP contribution in [0.5, 0.6) is 0 Å². The van der Waals surface area contributed by atoms with Gasteiger partial charge in [0.1, 0.15) is 0 Å². The predicted molar refractivity (Wildman–Crippen MR) is 116 cm³/mol. The number of ether oxygens (including phenoxy) is 1. The maximum absolute atomic E-state index is 13.8. The van der Waals surface area contributed by atoms with Crippen LogP contribution in [0, 0.1) is 19.8 Å². The van der Waals surface area contributed by atoms with E-state index in [1.54, 1.807) is 6.20 Å². The number of morpholine rings is 1. The molecule has 1 aromatic heterocycles. The first kappa shape index (κ1) is 19.7. The van der Waals surface area contributed by atoms with Gasteiger partial charge in [-0.2, -0.15) is 0 Å². The van der Waals surface area contributed by atoms with Gasteiger partial charge in [0, 0.05) is 51.0 Å². The number of carbonyl (C=O) groups is 1. The number of aromatic nitrogens is 1. The summed E-state index contributed by atoms with van der Waals surface area (Å²) in [5.41, 5.74) is 4.16. The van der Waals surface area contributed by atoms with Crippen LogP contribution in [0.4, 0.5) is 0 Å². The number of hydrogen-bond donors (Lipinski definition) is 0. The third-order valence-corrected chi connectivity index (χ3v) is 6.78. The van der Waals surface area contributed by atoms with E-state index in [4.69, 9.17) is 4.74 Å². The molecule has 0 radical (unpaired) electrons. The molecule has 0 bridgehead atoms. The molecule has 1 spiro atoms. The van der Waals surface area contributed by atoms with Crippen molar-refractivity contribution in [2.75, 3.05) is 32.8 Å². The molecule has 1 saturated carbocycles. The van der Waals surface area contributed by atoms with E-state index in [2.05, 4.69) is 52.9 Å². The van der Waals surface area contributed by atoms with Crippen LogP contribution in [0.15, 0.2) is 42.7 Å². The molecule has 2 atom stereocenters. The Labute approximate surface area is 179 Å². The van der Waals surface area contributed by atoms with Gasteiger partial charge in [0.05, 0.1) is 6.61 Å². The van der Waals surface area contributed by atoms with Crippen LogP contribution in [0.2, 0.25) is 0 Å². The Hall–Kier alpha value is -2.24. The lowest BCUT2D eigenvalue weighted by molar-refractivity contribution is -0.172. The largest absolute Gasteiger partial charge is 0.361 e. The molecule has 2 aromatic rings. The molecule has 0 N–H and O–H groups in total. The van der Waals surface area contributed by atoms with Crippen molar-refractivity contribution in [2.45, 2.75) is 44.8 Å². The van der Waals surface area contributed by atoms with Gasteiger partial charge in [-0.05, 0) is 49.8 Å². The van der Waals surface area contributed by atoms with Crippen LogP contribution < -0.4 is 0 Å². The Morgan fingerprint density at radius 2 is 2.00 bits per heavy atom. The quantitative estimate of drug-likeness (QED) is 0.766. The third kappa shape index (κ3) is 3.77. The van der Waals surface area contributed by atoms with Gasteiger partial charge in [-0.3, -0.25) is 14.7 Å². The molecule has 5 rings (SSSR count). The summed E-state index contributed by atoms with van der Waals surface area (Å²) in [4.78, 5) is 22.6. The first-order valence-corrected chi connectivity index (χ1v) is 11.2. The van der Waals surface area contributed by atoms with E-state index in [9.17, 15) is 4.79 Å². The standard InChI is InChI=1S/C25H31N3O2/c1-18-10-19(2)12-21(11-18)14-27-16-23(22-4-3-7-26-13-22)25(17-27)24(29)28(8-9-30-25)15-20-5-6-20/h3-4,7,10-13,20,23H,5-6,8-9,14-17H2,1-2H3. The number of benzene rings is 1. The summed E-state index contributed by atoms with van der Waals surface area (Å²) in [5.74, 6) is 0.873. The molecule has 2 saturated heterocycles. The molecule has 1 aliphatic carbocycles. The zero-order valence-corrected chi connectivity index (χ0v) is 18.0. The number of nitrogens with zero attached hydrogens (tertiary/aromatic N) is 3. The molecule has 2 aliphatic heterocycles. The Balaban J connectivity index is 1.45. The van der Waals surface area contributed by atoms with E-state index in [0.717, 1.165) is 25.2 Å². The zero-order valence-electron chi connectivity index (χ0n) is 18.0. The number of pyridine rings is 1. The van der Waals surface area contributed by atoms with Crippen molar-refractivity contribution in [2.24, 2.45) is 5.92 Å². The SMILES string of the molecule is Cc1cc(C)cc(CN2CC(c3cccnc3)C3(C2)OCCN(CC2CC2)C3=O)c1. The molecule has 1 amide bonds. The van der Waals surface area contributed by atoms with Crippen LogP contribution in [0.3, 0.4) is 0 Å². The number of aryl methyl sites for hydroxylation is 2. The normalized spacial score (nSPS) is 27.2. The molecule has 3 aliphatic rings. The van der Waals surface area contributed by atoms with Crippen molar-refractivity contribution in [3.8, 4) is 0 Å². The summed E-state index contributed by atoms with van der Waals surface area (Å²) in [6.45, 7) is 8.79. The number of hydrogen-bond acceptors (Lipinski definition) is 4. The van der Waals surface area contributed by atoms with Crippen molar-refractivity contribution in [1.29, 1.82) is 0 Å².